The minimum absolute atomic E-state index is 0.0184. The van der Waals surface area contributed by atoms with Gasteiger partial charge in [0.2, 0.25) is 11.8 Å². The van der Waals surface area contributed by atoms with E-state index in [2.05, 4.69) is 10.3 Å². The molecule has 9 heteroatoms. The third-order valence-electron chi connectivity index (χ3n) is 4.88. The van der Waals surface area contributed by atoms with Crippen LogP contribution in [-0.4, -0.2) is 41.4 Å². The maximum atomic E-state index is 14.0. The van der Waals surface area contributed by atoms with Gasteiger partial charge in [-0.15, -0.1) is 11.8 Å². The molecular formula is C21H23FN4O3S. The number of piperidine rings is 1. The Balaban J connectivity index is 1.53. The monoisotopic (exact) mass is 430 g/mol. The Hall–Kier alpha value is -2.94. The topological polar surface area (TPSA) is 105 Å². The molecule has 2 aromatic rings. The van der Waals surface area contributed by atoms with E-state index in [-0.39, 0.29) is 29.3 Å². The average molecular weight is 431 g/mol. The fourth-order valence-electron chi connectivity index (χ4n) is 3.24. The summed E-state index contributed by atoms with van der Waals surface area (Å²) in [5, 5.41) is 2.73. The highest BCUT2D eigenvalue weighted by atomic mass is 32.2. The van der Waals surface area contributed by atoms with Gasteiger partial charge in [0, 0.05) is 23.5 Å². The van der Waals surface area contributed by atoms with Crippen LogP contribution in [0.2, 0.25) is 0 Å². The zero-order valence-corrected chi connectivity index (χ0v) is 17.4. The number of benzene rings is 1. The molecule has 0 spiro atoms. The highest BCUT2D eigenvalue weighted by Crippen LogP contribution is 2.24. The van der Waals surface area contributed by atoms with Crippen LogP contribution in [0.25, 0.3) is 0 Å². The van der Waals surface area contributed by atoms with E-state index in [1.54, 1.807) is 18.3 Å². The molecule has 3 rings (SSSR count). The summed E-state index contributed by atoms with van der Waals surface area (Å²) in [6, 6.07) is 7.73. The summed E-state index contributed by atoms with van der Waals surface area (Å²) < 4.78 is 14.0. The first kappa shape index (κ1) is 21.8. The SMILES string of the molecule is CC(=O)c1ccc(SCC(=O)Nc2ccc(N3CCCC(C(N)=O)C3)nc2)c(F)c1. The van der Waals surface area contributed by atoms with E-state index in [1.165, 1.54) is 25.1 Å². The lowest BCUT2D eigenvalue weighted by molar-refractivity contribution is -0.122. The molecule has 1 aromatic carbocycles. The highest BCUT2D eigenvalue weighted by Gasteiger charge is 2.24. The van der Waals surface area contributed by atoms with Crippen LogP contribution in [0.4, 0.5) is 15.9 Å². The van der Waals surface area contributed by atoms with Crippen LogP contribution in [0, 0.1) is 11.7 Å². The molecule has 1 aliphatic rings. The zero-order valence-electron chi connectivity index (χ0n) is 16.6. The number of hydrogen-bond donors (Lipinski definition) is 2. The van der Waals surface area contributed by atoms with E-state index < -0.39 is 5.82 Å². The first-order valence-electron chi connectivity index (χ1n) is 9.57. The Morgan fingerprint density at radius 2 is 2.10 bits per heavy atom. The summed E-state index contributed by atoms with van der Waals surface area (Å²) in [5.41, 5.74) is 6.24. The number of aromatic nitrogens is 1. The standard InChI is InChI=1S/C21H23FN4O3S/c1-13(27)14-4-6-18(17(22)9-14)30-12-20(28)25-16-5-7-19(24-10-16)26-8-2-3-15(11-26)21(23)29/h4-7,9-10,15H,2-3,8,11-12H2,1H3,(H2,23,29)(H,25,28). The molecule has 158 valence electrons. The molecule has 1 aromatic heterocycles. The van der Waals surface area contributed by atoms with Gasteiger partial charge in [0.15, 0.2) is 5.78 Å². The van der Waals surface area contributed by atoms with Crippen molar-refractivity contribution in [1.29, 1.82) is 0 Å². The Kier molecular flexibility index (Phi) is 7.04. The second kappa shape index (κ2) is 9.71. The predicted molar refractivity (Wildman–Crippen MR) is 114 cm³/mol. The summed E-state index contributed by atoms with van der Waals surface area (Å²) in [5.74, 6) is -0.770. The molecule has 7 nitrogen and oxygen atoms in total. The van der Waals surface area contributed by atoms with Crippen molar-refractivity contribution in [2.75, 3.05) is 29.1 Å². The van der Waals surface area contributed by atoms with Gasteiger partial charge in [0.25, 0.3) is 0 Å². The maximum Gasteiger partial charge on any atom is 0.234 e. The lowest BCUT2D eigenvalue weighted by Crippen LogP contribution is -2.41. The van der Waals surface area contributed by atoms with E-state index in [0.29, 0.717) is 22.7 Å². The normalized spacial score (nSPS) is 16.2. The number of nitrogens with two attached hydrogens (primary N) is 1. The summed E-state index contributed by atoms with van der Waals surface area (Å²) >= 11 is 1.05. The van der Waals surface area contributed by atoms with Crippen LogP contribution >= 0.6 is 11.8 Å². The molecule has 3 N–H and O–H groups in total. The first-order valence-corrected chi connectivity index (χ1v) is 10.6. The van der Waals surface area contributed by atoms with Crippen LogP contribution in [0.15, 0.2) is 41.4 Å². The molecule has 0 radical (unpaired) electrons. The number of hydrogen-bond acceptors (Lipinski definition) is 6. The molecular weight excluding hydrogens is 407 g/mol. The van der Waals surface area contributed by atoms with Crippen LogP contribution in [0.1, 0.15) is 30.1 Å². The number of carbonyl (C=O) groups excluding carboxylic acids is 3. The van der Waals surface area contributed by atoms with Gasteiger partial charge in [0.1, 0.15) is 11.6 Å². The Morgan fingerprint density at radius 3 is 2.73 bits per heavy atom. The van der Waals surface area contributed by atoms with Crippen molar-refractivity contribution in [2.45, 2.75) is 24.7 Å². The van der Waals surface area contributed by atoms with Crippen LogP contribution in [0.3, 0.4) is 0 Å². The molecule has 2 heterocycles. The van der Waals surface area contributed by atoms with Gasteiger partial charge in [-0.1, -0.05) is 6.07 Å². The quantitative estimate of drug-likeness (QED) is 0.517. The number of carbonyl (C=O) groups is 3. The third kappa shape index (κ3) is 5.56. The van der Waals surface area contributed by atoms with E-state index in [1.807, 2.05) is 4.90 Å². The van der Waals surface area contributed by atoms with E-state index in [0.717, 1.165) is 37.0 Å². The second-order valence-corrected chi connectivity index (χ2v) is 8.15. The van der Waals surface area contributed by atoms with E-state index in [9.17, 15) is 18.8 Å². The van der Waals surface area contributed by atoms with Gasteiger partial charge in [-0.25, -0.2) is 9.37 Å². The van der Waals surface area contributed by atoms with Gasteiger partial charge in [0.05, 0.1) is 23.6 Å². The number of rotatable bonds is 7. The maximum absolute atomic E-state index is 14.0. The van der Waals surface area contributed by atoms with Crippen molar-refractivity contribution in [2.24, 2.45) is 11.7 Å². The third-order valence-corrected chi connectivity index (χ3v) is 5.93. The second-order valence-electron chi connectivity index (χ2n) is 7.13. The van der Waals surface area contributed by atoms with Crippen molar-refractivity contribution in [3.8, 4) is 0 Å². The van der Waals surface area contributed by atoms with Gasteiger partial charge >= 0.3 is 0 Å². The van der Waals surface area contributed by atoms with Gasteiger partial charge in [-0.3, -0.25) is 14.4 Å². The van der Waals surface area contributed by atoms with Crippen molar-refractivity contribution in [3.05, 3.63) is 47.9 Å². The summed E-state index contributed by atoms with van der Waals surface area (Å²) in [7, 11) is 0. The van der Waals surface area contributed by atoms with Crippen LogP contribution < -0.4 is 16.0 Å². The number of primary amides is 1. The molecule has 1 aliphatic heterocycles. The minimum atomic E-state index is -0.526. The van der Waals surface area contributed by atoms with Crippen LogP contribution in [0.5, 0.6) is 0 Å². The molecule has 1 saturated heterocycles. The number of amides is 2. The number of halogens is 1. The van der Waals surface area contributed by atoms with Gasteiger partial charge in [-0.2, -0.15) is 0 Å². The Morgan fingerprint density at radius 1 is 1.30 bits per heavy atom. The molecule has 1 unspecified atom stereocenters. The molecule has 2 amide bonds. The van der Waals surface area contributed by atoms with Gasteiger partial charge < -0.3 is 16.0 Å². The summed E-state index contributed by atoms with van der Waals surface area (Å²) in [6.45, 7) is 2.71. The lowest BCUT2D eigenvalue weighted by atomic mass is 9.97. The molecule has 0 saturated carbocycles. The Bertz CT molecular complexity index is 952. The largest absolute Gasteiger partial charge is 0.369 e. The number of anilines is 2. The number of nitrogens with zero attached hydrogens (tertiary/aromatic N) is 2. The molecule has 1 fully saturated rings. The number of pyridine rings is 1. The van der Waals surface area contributed by atoms with Gasteiger partial charge in [-0.05, 0) is 44.0 Å². The number of thioether (sulfide) groups is 1. The number of ketones is 1. The summed E-state index contributed by atoms with van der Waals surface area (Å²) in [6.07, 6.45) is 3.21. The number of Topliss-reactive ketones (excluding diaryl/α,β-unsaturated/α-hetero) is 1. The molecule has 0 bridgehead atoms. The average Bonchev–Trinajstić information content (AvgIpc) is 2.73. The number of nitrogens with one attached hydrogen (secondary N) is 1. The Labute approximate surface area is 178 Å². The lowest BCUT2D eigenvalue weighted by Gasteiger charge is -2.32. The van der Waals surface area contributed by atoms with Crippen molar-refractivity contribution >= 4 is 40.9 Å². The minimum Gasteiger partial charge on any atom is -0.369 e. The van der Waals surface area contributed by atoms with Crippen molar-refractivity contribution < 1.29 is 18.8 Å². The zero-order chi connectivity index (χ0) is 21.7. The first-order chi connectivity index (χ1) is 14.3. The van der Waals surface area contributed by atoms with E-state index >= 15 is 0 Å². The summed E-state index contributed by atoms with van der Waals surface area (Å²) in [4.78, 5) is 41.6. The molecule has 1 atom stereocenters. The highest BCUT2D eigenvalue weighted by molar-refractivity contribution is 8.00. The van der Waals surface area contributed by atoms with Crippen molar-refractivity contribution in [3.63, 3.8) is 0 Å². The smallest absolute Gasteiger partial charge is 0.234 e. The van der Waals surface area contributed by atoms with Crippen molar-refractivity contribution in [1.82, 2.24) is 4.98 Å². The fourth-order valence-corrected chi connectivity index (χ4v) is 3.96. The predicted octanol–water partition coefficient (Wildman–Crippen LogP) is 2.86. The van der Waals surface area contributed by atoms with E-state index in [4.69, 9.17) is 5.73 Å². The fraction of sp³-hybridized carbons (Fsp3) is 0.333. The molecule has 30 heavy (non-hydrogen) atoms. The van der Waals surface area contributed by atoms with Crippen LogP contribution in [-0.2, 0) is 9.59 Å². The molecule has 0 aliphatic carbocycles.